The highest BCUT2D eigenvalue weighted by Crippen LogP contribution is 2.37. The number of furan rings is 1. The molecule has 0 fully saturated rings. The van der Waals surface area contributed by atoms with E-state index in [2.05, 4.69) is 0 Å². The molecule has 0 amide bonds. The molecule has 94 valence electrons. The van der Waals surface area contributed by atoms with E-state index in [-0.39, 0.29) is 17.4 Å². The molecule has 5 heteroatoms. The molecule has 0 aliphatic carbocycles. The number of hydrogen-bond acceptors (Lipinski definition) is 5. The lowest BCUT2D eigenvalue weighted by Crippen LogP contribution is -2.15. The normalized spacial score (nSPS) is 10.5. The Morgan fingerprint density at radius 1 is 1.06 bits per heavy atom. The van der Waals surface area contributed by atoms with Gasteiger partial charge in [-0.1, -0.05) is 13.8 Å². The summed E-state index contributed by atoms with van der Waals surface area (Å²) < 4.78 is 15.4. The van der Waals surface area contributed by atoms with Gasteiger partial charge in [-0.3, -0.25) is 9.59 Å². The summed E-state index contributed by atoms with van der Waals surface area (Å²) >= 11 is 0. The number of carbonyl (C=O) groups is 2. The molecule has 0 saturated carbocycles. The topological polar surface area (TPSA) is 65.7 Å². The van der Waals surface area contributed by atoms with Crippen molar-refractivity contribution in [2.75, 3.05) is 0 Å². The molecule has 0 bridgehead atoms. The van der Waals surface area contributed by atoms with Crippen molar-refractivity contribution in [1.29, 1.82) is 0 Å². The zero-order valence-corrected chi connectivity index (χ0v) is 10.6. The van der Waals surface area contributed by atoms with Crippen LogP contribution in [0.2, 0.25) is 0 Å². The van der Waals surface area contributed by atoms with Gasteiger partial charge >= 0.3 is 11.9 Å². The summed E-state index contributed by atoms with van der Waals surface area (Å²) in [6.45, 7) is 7.99. The van der Waals surface area contributed by atoms with Gasteiger partial charge in [-0.15, -0.1) is 0 Å². The van der Waals surface area contributed by atoms with Gasteiger partial charge in [0.15, 0.2) is 0 Å². The molecule has 1 heterocycles. The summed E-state index contributed by atoms with van der Waals surface area (Å²) in [6, 6.07) is 0. The van der Waals surface area contributed by atoms with Crippen LogP contribution in [0.4, 0.5) is 0 Å². The molecular weight excluding hydrogens is 224 g/mol. The summed E-state index contributed by atoms with van der Waals surface area (Å²) in [6.07, 6.45) is 0. The molecule has 0 atom stereocenters. The molecule has 0 aliphatic rings. The first-order valence-corrected chi connectivity index (χ1v) is 5.33. The fourth-order valence-corrected chi connectivity index (χ4v) is 1.24. The van der Waals surface area contributed by atoms with Crippen molar-refractivity contribution in [1.82, 2.24) is 0 Å². The molecule has 0 aliphatic heterocycles. The van der Waals surface area contributed by atoms with Gasteiger partial charge < -0.3 is 13.9 Å². The fourth-order valence-electron chi connectivity index (χ4n) is 1.24. The smallest absolute Gasteiger partial charge is 0.314 e. The fraction of sp³-hybridized carbons (Fsp3) is 0.500. The molecule has 5 nitrogen and oxygen atoms in total. The zero-order valence-electron chi connectivity index (χ0n) is 10.6. The van der Waals surface area contributed by atoms with E-state index in [4.69, 9.17) is 13.9 Å². The van der Waals surface area contributed by atoms with Crippen molar-refractivity contribution < 1.29 is 23.5 Å². The van der Waals surface area contributed by atoms with Gasteiger partial charge in [0.25, 0.3) is 0 Å². The minimum Gasteiger partial charge on any atom is -0.459 e. The van der Waals surface area contributed by atoms with Gasteiger partial charge in [-0.25, -0.2) is 0 Å². The second-order valence-electron chi connectivity index (χ2n) is 4.04. The van der Waals surface area contributed by atoms with Gasteiger partial charge in [0.2, 0.25) is 11.5 Å². The van der Waals surface area contributed by atoms with Crippen LogP contribution in [0.15, 0.2) is 4.42 Å². The molecule has 1 aromatic heterocycles. The molecular formula is C12H16O5. The Balaban J connectivity index is 3.05. The third-order valence-corrected chi connectivity index (χ3v) is 2.07. The number of carbonyl (C=O) groups excluding carboxylic acids is 2. The van der Waals surface area contributed by atoms with Crippen LogP contribution < -0.4 is 9.47 Å². The Hall–Kier alpha value is -1.78. The molecule has 0 spiro atoms. The number of ether oxygens (including phenoxy) is 2. The summed E-state index contributed by atoms with van der Waals surface area (Å²) in [5.74, 6) is 0.00485. The summed E-state index contributed by atoms with van der Waals surface area (Å²) in [5.41, 5.74) is 0. The number of aryl methyl sites for hydroxylation is 2. The molecule has 0 unspecified atom stereocenters. The average molecular weight is 240 g/mol. The Morgan fingerprint density at radius 2 is 1.53 bits per heavy atom. The summed E-state index contributed by atoms with van der Waals surface area (Å²) in [4.78, 5) is 22.4. The van der Waals surface area contributed by atoms with E-state index in [1.54, 1.807) is 27.7 Å². The lowest BCUT2D eigenvalue weighted by molar-refractivity contribution is -0.138. The van der Waals surface area contributed by atoms with Crippen molar-refractivity contribution in [2.45, 2.75) is 34.6 Å². The zero-order chi connectivity index (χ0) is 13.2. The van der Waals surface area contributed by atoms with Crippen LogP contribution in [0.1, 0.15) is 32.3 Å². The van der Waals surface area contributed by atoms with Crippen LogP contribution in [0.5, 0.6) is 11.5 Å². The first-order chi connectivity index (χ1) is 7.82. The highest BCUT2D eigenvalue weighted by Gasteiger charge is 2.23. The third-order valence-electron chi connectivity index (χ3n) is 2.07. The molecule has 0 N–H and O–H groups in total. The molecule has 0 radical (unpaired) electrons. The maximum Gasteiger partial charge on any atom is 0.314 e. The van der Waals surface area contributed by atoms with E-state index in [1.807, 2.05) is 0 Å². The maximum absolute atomic E-state index is 11.5. The van der Waals surface area contributed by atoms with E-state index < -0.39 is 11.9 Å². The first-order valence-electron chi connectivity index (χ1n) is 5.33. The second-order valence-corrected chi connectivity index (χ2v) is 4.04. The molecule has 1 aromatic rings. The Kier molecular flexibility index (Phi) is 3.93. The largest absolute Gasteiger partial charge is 0.459 e. The van der Waals surface area contributed by atoms with Crippen molar-refractivity contribution in [3.05, 3.63) is 11.5 Å². The quantitative estimate of drug-likeness (QED) is 0.759. The Labute approximate surface area is 99.7 Å². The van der Waals surface area contributed by atoms with E-state index in [1.165, 1.54) is 6.92 Å². The number of rotatable bonds is 3. The van der Waals surface area contributed by atoms with Crippen LogP contribution in [-0.2, 0) is 9.59 Å². The van der Waals surface area contributed by atoms with Gasteiger partial charge in [0, 0.05) is 6.92 Å². The minimum absolute atomic E-state index is 0.170. The summed E-state index contributed by atoms with van der Waals surface area (Å²) in [5, 5.41) is 0. The number of hydrogen-bond donors (Lipinski definition) is 0. The predicted molar refractivity (Wildman–Crippen MR) is 60.0 cm³/mol. The molecule has 0 saturated heterocycles. The number of esters is 2. The minimum atomic E-state index is -0.490. The Morgan fingerprint density at radius 3 is 1.94 bits per heavy atom. The van der Waals surface area contributed by atoms with Gasteiger partial charge in [0.05, 0.1) is 5.92 Å². The lowest BCUT2D eigenvalue weighted by atomic mass is 10.2. The lowest BCUT2D eigenvalue weighted by Gasteiger charge is -2.07. The monoisotopic (exact) mass is 240 g/mol. The van der Waals surface area contributed by atoms with Crippen molar-refractivity contribution in [3.8, 4) is 11.5 Å². The van der Waals surface area contributed by atoms with Gasteiger partial charge in [0.1, 0.15) is 11.5 Å². The Bertz CT molecular complexity index is 442. The molecule has 17 heavy (non-hydrogen) atoms. The molecule has 0 aromatic carbocycles. The highest BCUT2D eigenvalue weighted by molar-refractivity contribution is 5.77. The van der Waals surface area contributed by atoms with Crippen LogP contribution in [0.3, 0.4) is 0 Å². The van der Waals surface area contributed by atoms with Crippen LogP contribution in [-0.4, -0.2) is 11.9 Å². The SMILES string of the molecule is CC(=O)Oc1c(C)oc(C)c1OC(=O)C(C)C. The van der Waals surface area contributed by atoms with E-state index in [0.29, 0.717) is 11.5 Å². The van der Waals surface area contributed by atoms with Gasteiger partial charge in [-0.05, 0) is 13.8 Å². The van der Waals surface area contributed by atoms with E-state index >= 15 is 0 Å². The van der Waals surface area contributed by atoms with E-state index in [0.717, 1.165) is 0 Å². The van der Waals surface area contributed by atoms with E-state index in [9.17, 15) is 9.59 Å². The standard InChI is InChI=1S/C12H16O5/c1-6(2)12(14)17-11-8(4)15-7(3)10(11)16-9(5)13/h6H,1-5H3. The van der Waals surface area contributed by atoms with Crippen molar-refractivity contribution in [3.63, 3.8) is 0 Å². The van der Waals surface area contributed by atoms with Gasteiger partial charge in [-0.2, -0.15) is 0 Å². The summed E-state index contributed by atoms with van der Waals surface area (Å²) in [7, 11) is 0. The highest BCUT2D eigenvalue weighted by atomic mass is 16.6. The maximum atomic E-state index is 11.5. The van der Waals surface area contributed by atoms with Crippen LogP contribution >= 0.6 is 0 Å². The average Bonchev–Trinajstić information content (AvgIpc) is 2.44. The van der Waals surface area contributed by atoms with Crippen molar-refractivity contribution >= 4 is 11.9 Å². The van der Waals surface area contributed by atoms with Crippen LogP contribution in [0.25, 0.3) is 0 Å². The van der Waals surface area contributed by atoms with Crippen molar-refractivity contribution in [2.24, 2.45) is 5.92 Å². The van der Waals surface area contributed by atoms with Crippen LogP contribution in [0, 0.1) is 19.8 Å². The molecule has 1 rings (SSSR count). The predicted octanol–water partition coefficient (Wildman–Crippen LogP) is 2.38. The first kappa shape index (κ1) is 13.3. The third kappa shape index (κ3) is 3.09. The second kappa shape index (κ2) is 5.03.